The van der Waals surface area contributed by atoms with Gasteiger partial charge in [0.05, 0.1) is 17.7 Å². The number of nitrogens with two attached hydrogens (primary N) is 1. The largest absolute Gasteiger partial charge is 0.573 e. The summed E-state index contributed by atoms with van der Waals surface area (Å²) < 4.78 is 54.3. The van der Waals surface area contributed by atoms with Gasteiger partial charge >= 0.3 is 6.36 Å². The second-order valence-corrected chi connectivity index (χ2v) is 8.00. The van der Waals surface area contributed by atoms with Gasteiger partial charge in [-0.3, -0.25) is 9.78 Å². The number of carbonyl (C=O) groups is 1. The Kier molecular flexibility index (Phi) is 4.73. The van der Waals surface area contributed by atoms with Crippen LogP contribution in [-0.4, -0.2) is 29.5 Å². The van der Waals surface area contributed by atoms with Gasteiger partial charge in [0, 0.05) is 19.0 Å². The Labute approximate surface area is 187 Å². The quantitative estimate of drug-likeness (QED) is 0.644. The fourth-order valence-corrected chi connectivity index (χ4v) is 4.94. The fourth-order valence-electron chi connectivity index (χ4n) is 4.94. The van der Waals surface area contributed by atoms with Crippen LogP contribution in [0.3, 0.4) is 0 Å². The number of alkyl halides is 3. The highest BCUT2D eigenvalue weighted by molar-refractivity contribution is 5.89. The molecular formula is C24H19F3N2O4. The first-order valence-corrected chi connectivity index (χ1v) is 10.3. The van der Waals surface area contributed by atoms with Gasteiger partial charge in [0.15, 0.2) is 0 Å². The topological polar surface area (TPSA) is 83.7 Å². The van der Waals surface area contributed by atoms with Crippen molar-refractivity contribution in [2.75, 3.05) is 6.61 Å². The normalized spacial score (nSPS) is 23.6. The van der Waals surface area contributed by atoms with Gasteiger partial charge in [-0.15, -0.1) is 13.2 Å². The van der Waals surface area contributed by atoms with Crippen molar-refractivity contribution < 1.29 is 32.2 Å². The van der Waals surface area contributed by atoms with Crippen molar-refractivity contribution in [2.45, 2.75) is 30.2 Å². The Morgan fingerprint density at radius 3 is 2.45 bits per heavy atom. The van der Waals surface area contributed by atoms with Gasteiger partial charge in [-0.1, -0.05) is 30.3 Å². The monoisotopic (exact) mass is 456 g/mol. The zero-order valence-electron chi connectivity index (χ0n) is 17.3. The molecule has 3 heterocycles. The van der Waals surface area contributed by atoms with Gasteiger partial charge in [0.1, 0.15) is 17.2 Å². The van der Waals surface area contributed by atoms with E-state index in [2.05, 4.69) is 9.72 Å². The van der Waals surface area contributed by atoms with Crippen LogP contribution in [-0.2, 0) is 16.6 Å². The molecule has 0 bridgehead atoms. The molecule has 1 unspecified atom stereocenters. The zero-order chi connectivity index (χ0) is 23.3. The van der Waals surface area contributed by atoms with E-state index >= 15 is 0 Å². The number of ether oxygens (including phenoxy) is 3. The third-order valence-corrected chi connectivity index (χ3v) is 6.27. The number of rotatable bonds is 4. The molecule has 0 radical (unpaired) electrons. The molecule has 170 valence electrons. The summed E-state index contributed by atoms with van der Waals surface area (Å²) >= 11 is 0. The third kappa shape index (κ3) is 3.26. The van der Waals surface area contributed by atoms with Crippen LogP contribution in [0, 0.1) is 0 Å². The van der Waals surface area contributed by atoms with Crippen LogP contribution in [0.4, 0.5) is 13.2 Å². The Hall–Kier alpha value is -3.75. The van der Waals surface area contributed by atoms with Crippen LogP contribution in [0.1, 0.15) is 23.2 Å². The van der Waals surface area contributed by atoms with Crippen LogP contribution in [0.15, 0.2) is 66.9 Å². The molecule has 2 aliphatic heterocycles. The molecule has 2 aromatic carbocycles. The molecule has 2 atom stereocenters. The first-order chi connectivity index (χ1) is 15.8. The van der Waals surface area contributed by atoms with Crippen LogP contribution in [0.2, 0.25) is 0 Å². The van der Waals surface area contributed by atoms with Gasteiger partial charge in [-0.05, 0) is 41.5 Å². The summed E-state index contributed by atoms with van der Waals surface area (Å²) in [6.45, 7) is 0.230. The number of benzene rings is 2. The Balaban J connectivity index is 1.73. The first-order valence-electron chi connectivity index (χ1n) is 10.3. The van der Waals surface area contributed by atoms with Gasteiger partial charge in [-0.2, -0.15) is 0 Å². The molecule has 0 saturated carbocycles. The molecule has 2 aliphatic rings. The average molecular weight is 456 g/mol. The van der Waals surface area contributed by atoms with Crippen molar-refractivity contribution in [3.05, 3.63) is 83.7 Å². The molecule has 0 fully saturated rings. The van der Waals surface area contributed by atoms with E-state index in [1.165, 1.54) is 24.3 Å². The summed E-state index contributed by atoms with van der Waals surface area (Å²) in [5, 5.41) is 0. The molecule has 5 rings (SSSR count). The van der Waals surface area contributed by atoms with E-state index in [0.29, 0.717) is 22.8 Å². The van der Waals surface area contributed by atoms with Crippen LogP contribution >= 0.6 is 0 Å². The van der Waals surface area contributed by atoms with Crippen molar-refractivity contribution in [1.82, 2.24) is 4.98 Å². The number of halogens is 3. The summed E-state index contributed by atoms with van der Waals surface area (Å²) in [5.41, 5.74) is 5.00. The number of fused-ring (bicyclic) bond motifs is 2. The number of carbonyl (C=O) groups excluding carboxylic acids is 1. The summed E-state index contributed by atoms with van der Waals surface area (Å²) in [5.74, 6) is -0.0949. The minimum Gasteiger partial charge on any atom is -0.492 e. The molecule has 0 aliphatic carbocycles. The number of amides is 1. The number of primary amides is 1. The molecule has 3 aromatic rings. The number of aromatic nitrogens is 1. The van der Waals surface area contributed by atoms with Crippen LogP contribution in [0.5, 0.6) is 17.2 Å². The third-order valence-electron chi connectivity index (χ3n) is 6.27. The number of nitrogens with zero attached hydrogens (tertiary/aromatic N) is 1. The Morgan fingerprint density at radius 2 is 1.76 bits per heavy atom. The molecular weight excluding hydrogens is 437 g/mol. The lowest BCUT2D eigenvalue weighted by Gasteiger charge is -2.48. The lowest BCUT2D eigenvalue weighted by atomic mass is 9.60. The highest BCUT2D eigenvalue weighted by Crippen LogP contribution is 2.55. The Bertz CT molecular complexity index is 1190. The predicted octanol–water partition coefficient (Wildman–Crippen LogP) is 3.91. The van der Waals surface area contributed by atoms with E-state index in [1.807, 2.05) is 12.1 Å². The van der Waals surface area contributed by atoms with Crippen LogP contribution < -0.4 is 19.9 Å². The second kappa shape index (κ2) is 7.40. The average Bonchev–Trinajstić information content (AvgIpc) is 3.20. The van der Waals surface area contributed by atoms with Crippen molar-refractivity contribution in [2.24, 2.45) is 5.73 Å². The van der Waals surface area contributed by atoms with E-state index in [9.17, 15) is 18.0 Å². The van der Waals surface area contributed by atoms with Gasteiger partial charge in [0.25, 0.3) is 5.91 Å². The molecule has 0 saturated heterocycles. The second-order valence-electron chi connectivity index (χ2n) is 8.00. The highest BCUT2D eigenvalue weighted by Gasteiger charge is 2.64. The number of para-hydroxylation sites is 1. The molecule has 33 heavy (non-hydrogen) atoms. The minimum absolute atomic E-state index is 0.176. The number of pyridine rings is 1. The number of hydrogen-bond acceptors (Lipinski definition) is 5. The van der Waals surface area contributed by atoms with E-state index in [4.69, 9.17) is 15.2 Å². The van der Waals surface area contributed by atoms with E-state index in [0.717, 1.165) is 5.56 Å². The molecule has 1 aromatic heterocycles. The van der Waals surface area contributed by atoms with Crippen molar-refractivity contribution in [1.29, 1.82) is 0 Å². The van der Waals surface area contributed by atoms with E-state index in [1.54, 1.807) is 30.5 Å². The smallest absolute Gasteiger partial charge is 0.492 e. The highest BCUT2D eigenvalue weighted by atomic mass is 19.4. The molecule has 2 N–H and O–H groups in total. The molecule has 1 amide bonds. The van der Waals surface area contributed by atoms with Crippen molar-refractivity contribution >= 4 is 5.91 Å². The zero-order valence-corrected chi connectivity index (χ0v) is 17.3. The summed E-state index contributed by atoms with van der Waals surface area (Å²) in [6.07, 6.45) is -2.81. The van der Waals surface area contributed by atoms with Crippen LogP contribution in [0.25, 0.3) is 0 Å². The van der Waals surface area contributed by atoms with Crippen molar-refractivity contribution in [3.8, 4) is 17.2 Å². The molecule has 0 spiro atoms. The van der Waals surface area contributed by atoms with Gasteiger partial charge in [0.2, 0.25) is 5.60 Å². The van der Waals surface area contributed by atoms with E-state index in [-0.39, 0.29) is 25.2 Å². The molecule has 9 heteroatoms. The Morgan fingerprint density at radius 1 is 1.03 bits per heavy atom. The maximum absolute atomic E-state index is 13.2. The molecule has 6 nitrogen and oxygen atoms in total. The summed E-state index contributed by atoms with van der Waals surface area (Å²) in [6, 6.07) is 16.1. The summed E-state index contributed by atoms with van der Waals surface area (Å²) in [7, 11) is 0. The SMILES string of the molecule is NC(=O)C1([C@]2(c3ccc(OC(F)(F)F)cc3)CCOc3cccnc32)Cc2ccccc2O1. The minimum atomic E-state index is -4.82. The van der Waals surface area contributed by atoms with Crippen molar-refractivity contribution in [3.63, 3.8) is 0 Å². The first kappa shape index (κ1) is 21.1. The van der Waals surface area contributed by atoms with E-state index < -0.39 is 23.3 Å². The van der Waals surface area contributed by atoms with Gasteiger partial charge in [-0.25, -0.2) is 0 Å². The predicted molar refractivity (Wildman–Crippen MR) is 111 cm³/mol. The lowest BCUT2D eigenvalue weighted by molar-refractivity contribution is -0.274. The maximum atomic E-state index is 13.2. The maximum Gasteiger partial charge on any atom is 0.573 e. The standard InChI is InChI=1S/C24H19F3N2O4/c25-24(26,27)32-17-9-7-16(8-10-17)22(11-13-31-19-6-3-12-29-20(19)22)23(21(28)30)14-15-4-1-2-5-18(15)33-23/h1-10,12H,11,13-14H2,(H2,28,30)/t22-,23?/m0/s1. The van der Waals surface area contributed by atoms with Gasteiger partial charge < -0.3 is 19.9 Å². The fraction of sp³-hybridized carbons (Fsp3) is 0.250. The lowest BCUT2D eigenvalue weighted by Crippen LogP contribution is -2.65. The number of hydrogen-bond donors (Lipinski definition) is 1. The summed E-state index contributed by atoms with van der Waals surface area (Å²) in [4.78, 5) is 17.7.